The van der Waals surface area contributed by atoms with Crippen LogP contribution in [0.1, 0.15) is 39.0 Å². The molecule has 1 unspecified atom stereocenters. The molecule has 0 aliphatic rings. The Morgan fingerprint density at radius 2 is 2.04 bits per heavy atom. The van der Waals surface area contributed by atoms with Crippen LogP contribution in [0.15, 0.2) is 41.9 Å². The van der Waals surface area contributed by atoms with Crippen molar-refractivity contribution in [2.45, 2.75) is 46.9 Å². The standard InChI is InChI=1S/C21H25N3O2S/c1-14-5-6-19(9-15(14)2)26-12-18-10-20(27-13-18)21(25)22-17(4)11-24-8-7-16(3)23-24/h5-10,13,17H,11-12H2,1-4H3,(H,22,25). The molecule has 1 atom stereocenters. The Hall–Kier alpha value is -2.60. The first-order chi connectivity index (χ1) is 12.9. The van der Waals surface area contributed by atoms with Gasteiger partial charge in [0.05, 0.1) is 17.1 Å². The van der Waals surface area contributed by atoms with Crippen LogP contribution in [-0.4, -0.2) is 21.7 Å². The summed E-state index contributed by atoms with van der Waals surface area (Å²) in [7, 11) is 0. The summed E-state index contributed by atoms with van der Waals surface area (Å²) in [5.74, 6) is 0.784. The van der Waals surface area contributed by atoms with E-state index in [1.807, 2.05) is 54.4 Å². The number of rotatable bonds is 7. The summed E-state index contributed by atoms with van der Waals surface area (Å²) in [5.41, 5.74) is 4.43. The third kappa shape index (κ3) is 5.20. The van der Waals surface area contributed by atoms with E-state index in [2.05, 4.69) is 30.3 Å². The second-order valence-electron chi connectivity index (χ2n) is 6.91. The molecule has 2 heterocycles. The smallest absolute Gasteiger partial charge is 0.261 e. The number of benzene rings is 1. The Morgan fingerprint density at radius 3 is 2.74 bits per heavy atom. The number of aryl methyl sites for hydroxylation is 3. The number of nitrogens with one attached hydrogen (secondary N) is 1. The molecule has 1 N–H and O–H groups in total. The normalized spacial score (nSPS) is 12.0. The van der Waals surface area contributed by atoms with Gasteiger partial charge in [0.1, 0.15) is 12.4 Å². The van der Waals surface area contributed by atoms with Gasteiger partial charge in [0.15, 0.2) is 0 Å². The van der Waals surface area contributed by atoms with Gasteiger partial charge in [-0.2, -0.15) is 5.10 Å². The fraction of sp³-hybridized carbons (Fsp3) is 0.333. The summed E-state index contributed by atoms with van der Waals surface area (Å²) in [5, 5.41) is 9.35. The maximum absolute atomic E-state index is 12.4. The van der Waals surface area contributed by atoms with Gasteiger partial charge in [-0.25, -0.2) is 0 Å². The topological polar surface area (TPSA) is 56.2 Å². The molecule has 0 fully saturated rings. The van der Waals surface area contributed by atoms with Crippen molar-refractivity contribution in [3.63, 3.8) is 0 Å². The SMILES string of the molecule is Cc1ccn(CC(C)NC(=O)c2cc(COc3ccc(C)c(C)c3)cs2)n1. The molecule has 0 saturated heterocycles. The van der Waals surface area contributed by atoms with E-state index in [0.29, 0.717) is 18.0 Å². The van der Waals surface area contributed by atoms with E-state index in [9.17, 15) is 4.79 Å². The first-order valence-corrected chi connectivity index (χ1v) is 9.87. The number of amides is 1. The Labute approximate surface area is 164 Å². The molecule has 0 saturated carbocycles. The largest absolute Gasteiger partial charge is 0.489 e. The molecule has 6 heteroatoms. The molecule has 142 valence electrons. The van der Waals surface area contributed by atoms with Crippen LogP contribution in [0, 0.1) is 20.8 Å². The Bertz CT molecular complexity index is 929. The molecule has 0 spiro atoms. The highest BCUT2D eigenvalue weighted by Gasteiger charge is 2.13. The van der Waals surface area contributed by atoms with Gasteiger partial charge in [0.2, 0.25) is 0 Å². The molecule has 2 aromatic heterocycles. The van der Waals surface area contributed by atoms with E-state index in [1.54, 1.807) is 0 Å². The summed E-state index contributed by atoms with van der Waals surface area (Å²) < 4.78 is 7.69. The summed E-state index contributed by atoms with van der Waals surface area (Å²) >= 11 is 1.44. The molecule has 5 nitrogen and oxygen atoms in total. The van der Waals surface area contributed by atoms with E-state index in [4.69, 9.17) is 4.74 Å². The molecular weight excluding hydrogens is 358 g/mol. The molecule has 27 heavy (non-hydrogen) atoms. The molecule has 1 aromatic carbocycles. The van der Waals surface area contributed by atoms with Gasteiger partial charge < -0.3 is 10.1 Å². The van der Waals surface area contributed by atoms with Gasteiger partial charge in [0, 0.05) is 17.8 Å². The lowest BCUT2D eigenvalue weighted by molar-refractivity contribution is 0.0940. The third-order valence-corrected chi connectivity index (χ3v) is 5.35. The highest BCUT2D eigenvalue weighted by atomic mass is 32.1. The van der Waals surface area contributed by atoms with Gasteiger partial charge in [-0.05, 0) is 68.5 Å². The maximum atomic E-state index is 12.4. The lowest BCUT2D eigenvalue weighted by atomic mass is 10.1. The van der Waals surface area contributed by atoms with E-state index in [1.165, 1.54) is 22.5 Å². The van der Waals surface area contributed by atoms with Gasteiger partial charge in [-0.1, -0.05) is 6.07 Å². The molecule has 3 rings (SSSR count). The molecule has 0 radical (unpaired) electrons. The van der Waals surface area contributed by atoms with Crippen LogP contribution < -0.4 is 10.1 Å². The zero-order chi connectivity index (χ0) is 19.4. The number of aromatic nitrogens is 2. The Balaban J connectivity index is 1.53. The van der Waals surface area contributed by atoms with Crippen LogP contribution in [0.4, 0.5) is 0 Å². The second-order valence-corrected chi connectivity index (χ2v) is 7.82. The summed E-state index contributed by atoms with van der Waals surface area (Å²) in [6.07, 6.45) is 1.92. The summed E-state index contributed by atoms with van der Waals surface area (Å²) in [6, 6.07) is 9.91. The minimum Gasteiger partial charge on any atom is -0.489 e. The average molecular weight is 384 g/mol. The van der Waals surface area contributed by atoms with Crippen LogP contribution in [-0.2, 0) is 13.2 Å². The number of thiophene rings is 1. The van der Waals surface area contributed by atoms with Crippen LogP contribution >= 0.6 is 11.3 Å². The number of carbonyl (C=O) groups excluding carboxylic acids is 1. The predicted molar refractivity (Wildman–Crippen MR) is 108 cm³/mol. The van der Waals surface area contributed by atoms with Gasteiger partial charge >= 0.3 is 0 Å². The van der Waals surface area contributed by atoms with Crippen molar-refractivity contribution in [3.05, 3.63) is 69.2 Å². The number of nitrogens with zero attached hydrogens (tertiary/aromatic N) is 2. The lowest BCUT2D eigenvalue weighted by Gasteiger charge is -2.13. The first kappa shape index (κ1) is 19.2. The molecular formula is C21H25N3O2S. The zero-order valence-corrected chi connectivity index (χ0v) is 17.0. The number of ether oxygens (including phenoxy) is 1. The Kier molecular flexibility index (Phi) is 5.96. The number of hydrogen-bond acceptors (Lipinski definition) is 4. The maximum Gasteiger partial charge on any atom is 0.261 e. The van der Waals surface area contributed by atoms with E-state index in [0.717, 1.165) is 17.0 Å². The molecule has 0 aliphatic heterocycles. The van der Waals surface area contributed by atoms with Crippen LogP contribution in [0.25, 0.3) is 0 Å². The molecule has 0 aliphatic carbocycles. The predicted octanol–water partition coefficient (Wildman–Crippen LogP) is 4.27. The van der Waals surface area contributed by atoms with Crippen LogP contribution in [0.3, 0.4) is 0 Å². The Morgan fingerprint density at radius 1 is 1.22 bits per heavy atom. The van der Waals surface area contributed by atoms with Crippen molar-refractivity contribution >= 4 is 17.2 Å². The minimum atomic E-state index is -0.0613. The van der Waals surface area contributed by atoms with Crippen LogP contribution in [0.5, 0.6) is 5.75 Å². The fourth-order valence-electron chi connectivity index (χ4n) is 2.73. The molecule has 1 amide bonds. The van der Waals surface area contributed by atoms with Gasteiger partial charge in [-0.15, -0.1) is 11.3 Å². The quantitative estimate of drug-likeness (QED) is 0.663. The van der Waals surface area contributed by atoms with Gasteiger partial charge in [-0.3, -0.25) is 9.48 Å². The van der Waals surface area contributed by atoms with Crippen molar-refractivity contribution in [2.24, 2.45) is 0 Å². The highest BCUT2D eigenvalue weighted by molar-refractivity contribution is 7.12. The number of carbonyl (C=O) groups is 1. The van der Waals surface area contributed by atoms with Crippen molar-refractivity contribution < 1.29 is 9.53 Å². The average Bonchev–Trinajstić information content (AvgIpc) is 3.25. The van der Waals surface area contributed by atoms with E-state index >= 15 is 0 Å². The molecule has 0 bridgehead atoms. The fourth-order valence-corrected chi connectivity index (χ4v) is 3.53. The summed E-state index contributed by atoms with van der Waals surface area (Å²) in [6.45, 7) is 9.18. The number of hydrogen-bond donors (Lipinski definition) is 1. The minimum absolute atomic E-state index is 0.00543. The van der Waals surface area contributed by atoms with Crippen molar-refractivity contribution in [2.75, 3.05) is 0 Å². The van der Waals surface area contributed by atoms with E-state index < -0.39 is 0 Å². The third-order valence-electron chi connectivity index (χ3n) is 4.37. The van der Waals surface area contributed by atoms with Crippen molar-refractivity contribution in [3.8, 4) is 5.75 Å². The van der Waals surface area contributed by atoms with Gasteiger partial charge in [0.25, 0.3) is 5.91 Å². The van der Waals surface area contributed by atoms with Crippen LogP contribution in [0.2, 0.25) is 0 Å². The van der Waals surface area contributed by atoms with Crippen molar-refractivity contribution in [1.29, 1.82) is 0 Å². The second kappa shape index (κ2) is 8.39. The molecule has 3 aromatic rings. The lowest BCUT2D eigenvalue weighted by Crippen LogP contribution is -2.35. The zero-order valence-electron chi connectivity index (χ0n) is 16.2. The van der Waals surface area contributed by atoms with E-state index in [-0.39, 0.29) is 11.9 Å². The van der Waals surface area contributed by atoms with Crippen molar-refractivity contribution in [1.82, 2.24) is 15.1 Å². The first-order valence-electron chi connectivity index (χ1n) is 8.99. The summed E-state index contributed by atoms with van der Waals surface area (Å²) in [4.78, 5) is 13.1. The highest BCUT2D eigenvalue weighted by Crippen LogP contribution is 2.20. The monoisotopic (exact) mass is 383 g/mol.